The zero-order chi connectivity index (χ0) is 16.2. The maximum Gasteiger partial charge on any atom is 0.191 e. The van der Waals surface area contributed by atoms with Gasteiger partial charge < -0.3 is 4.57 Å². The third kappa shape index (κ3) is 3.68. The molecule has 3 aromatic rings. The van der Waals surface area contributed by atoms with Crippen LogP contribution in [0, 0.1) is 0 Å². The molecule has 0 saturated heterocycles. The van der Waals surface area contributed by atoms with Crippen LogP contribution in [0.5, 0.6) is 0 Å². The quantitative estimate of drug-likeness (QED) is 0.600. The fraction of sp³-hybridized carbons (Fsp3) is 0.188. The summed E-state index contributed by atoms with van der Waals surface area (Å²) in [4.78, 5) is 4.35. The van der Waals surface area contributed by atoms with Crippen molar-refractivity contribution in [1.29, 1.82) is 0 Å². The minimum absolute atomic E-state index is 0.564. The average molecular weight is 365 g/mol. The van der Waals surface area contributed by atoms with Crippen LogP contribution in [-0.4, -0.2) is 19.7 Å². The minimum atomic E-state index is 0.564. The molecule has 7 heteroatoms. The third-order valence-electron chi connectivity index (χ3n) is 3.28. The molecule has 23 heavy (non-hydrogen) atoms. The molecular formula is C16H14Cl2N4S. The standard InChI is InChI=1S/C16H14Cl2N4S/c1-2-22-15(14-5-3-4-8-19-14)20-21-16(22)23-10-11-6-7-12(17)13(18)9-11/h3-9H,2,10H2,1H3. The molecule has 118 valence electrons. The third-order valence-corrected chi connectivity index (χ3v) is 5.06. The summed E-state index contributed by atoms with van der Waals surface area (Å²) in [5.74, 6) is 1.53. The molecule has 0 spiro atoms. The highest BCUT2D eigenvalue weighted by Crippen LogP contribution is 2.28. The number of hydrogen-bond donors (Lipinski definition) is 0. The number of hydrogen-bond acceptors (Lipinski definition) is 4. The lowest BCUT2D eigenvalue weighted by atomic mass is 10.2. The van der Waals surface area contributed by atoms with Gasteiger partial charge in [0.2, 0.25) is 0 Å². The van der Waals surface area contributed by atoms with E-state index in [1.807, 2.05) is 36.4 Å². The number of benzene rings is 1. The van der Waals surface area contributed by atoms with E-state index in [-0.39, 0.29) is 0 Å². The summed E-state index contributed by atoms with van der Waals surface area (Å²) in [6.07, 6.45) is 1.76. The van der Waals surface area contributed by atoms with E-state index < -0.39 is 0 Å². The van der Waals surface area contributed by atoms with E-state index in [0.717, 1.165) is 34.5 Å². The van der Waals surface area contributed by atoms with E-state index in [0.29, 0.717) is 10.0 Å². The Hall–Kier alpha value is -1.56. The lowest BCUT2D eigenvalue weighted by molar-refractivity contribution is 0.686. The second-order valence-electron chi connectivity index (χ2n) is 4.80. The Morgan fingerprint density at radius 2 is 1.96 bits per heavy atom. The van der Waals surface area contributed by atoms with Crippen molar-refractivity contribution in [3.63, 3.8) is 0 Å². The molecule has 0 unspecified atom stereocenters. The second-order valence-corrected chi connectivity index (χ2v) is 6.56. The maximum atomic E-state index is 6.06. The number of nitrogens with zero attached hydrogens (tertiary/aromatic N) is 4. The van der Waals surface area contributed by atoms with Crippen LogP contribution < -0.4 is 0 Å². The molecule has 0 saturated carbocycles. The van der Waals surface area contributed by atoms with Gasteiger partial charge in [0.05, 0.1) is 10.0 Å². The van der Waals surface area contributed by atoms with Crippen LogP contribution in [0.25, 0.3) is 11.5 Å². The Labute approximate surface area is 148 Å². The first-order chi connectivity index (χ1) is 11.2. The second kappa shape index (κ2) is 7.34. The molecule has 0 aliphatic heterocycles. The van der Waals surface area contributed by atoms with Gasteiger partial charge in [-0.3, -0.25) is 4.98 Å². The Kier molecular flexibility index (Phi) is 5.20. The number of aromatic nitrogens is 4. The molecule has 0 amide bonds. The predicted molar refractivity (Wildman–Crippen MR) is 95.0 cm³/mol. The number of thioether (sulfide) groups is 1. The summed E-state index contributed by atoms with van der Waals surface area (Å²) in [6, 6.07) is 11.4. The smallest absolute Gasteiger partial charge is 0.191 e. The van der Waals surface area contributed by atoms with Crippen LogP contribution in [0.4, 0.5) is 0 Å². The average Bonchev–Trinajstić information content (AvgIpc) is 2.99. The zero-order valence-corrected chi connectivity index (χ0v) is 14.7. The molecule has 1 aromatic carbocycles. The van der Waals surface area contributed by atoms with Crippen molar-refractivity contribution in [1.82, 2.24) is 19.7 Å². The molecule has 0 aliphatic rings. The fourth-order valence-electron chi connectivity index (χ4n) is 2.14. The molecule has 4 nitrogen and oxygen atoms in total. The van der Waals surface area contributed by atoms with Crippen LogP contribution in [0.15, 0.2) is 47.8 Å². The summed E-state index contributed by atoms with van der Waals surface area (Å²) >= 11 is 13.6. The van der Waals surface area contributed by atoms with Gasteiger partial charge in [0.25, 0.3) is 0 Å². The summed E-state index contributed by atoms with van der Waals surface area (Å²) in [5, 5.41) is 10.6. The van der Waals surface area contributed by atoms with Gasteiger partial charge in [-0.2, -0.15) is 0 Å². The first kappa shape index (κ1) is 16.3. The van der Waals surface area contributed by atoms with Crippen molar-refractivity contribution in [2.75, 3.05) is 0 Å². The molecule has 0 atom stereocenters. The Balaban J connectivity index is 1.81. The van der Waals surface area contributed by atoms with Crippen LogP contribution in [0.1, 0.15) is 12.5 Å². The van der Waals surface area contributed by atoms with Crippen molar-refractivity contribution < 1.29 is 0 Å². The highest BCUT2D eigenvalue weighted by molar-refractivity contribution is 7.98. The van der Waals surface area contributed by atoms with Crippen molar-refractivity contribution in [2.45, 2.75) is 24.4 Å². The van der Waals surface area contributed by atoms with E-state index in [1.165, 1.54) is 0 Å². The normalized spacial score (nSPS) is 10.9. The first-order valence-corrected chi connectivity index (χ1v) is 8.84. The topological polar surface area (TPSA) is 43.6 Å². The Morgan fingerprint density at radius 3 is 2.65 bits per heavy atom. The summed E-state index contributed by atoms with van der Waals surface area (Å²) in [7, 11) is 0. The lowest BCUT2D eigenvalue weighted by Gasteiger charge is -2.07. The van der Waals surface area contributed by atoms with Gasteiger partial charge in [-0.1, -0.05) is 47.1 Å². The molecule has 0 aliphatic carbocycles. The van der Waals surface area contributed by atoms with Crippen LogP contribution in [0.2, 0.25) is 10.0 Å². The molecule has 0 bridgehead atoms. The molecule has 0 N–H and O–H groups in total. The van der Waals surface area contributed by atoms with Crippen LogP contribution in [-0.2, 0) is 12.3 Å². The van der Waals surface area contributed by atoms with Gasteiger partial charge in [-0.15, -0.1) is 10.2 Å². The highest BCUT2D eigenvalue weighted by atomic mass is 35.5. The maximum absolute atomic E-state index is 6.06. The van der Waals surface area contributed by atoms with E-state index in [4.69, 9.17) is 23.2 Å². The summed E-state index contributed by atoms with van der Waals surface area (Å²) in [6.45, 7) is 2.85. The number of pyridine rings is 1. The summed E-state index contributed by atoms with van der Waals surface area (Å²) < 4.78 is 2.06. The molecule has 2 aromatic heterocycles. The van der Waals surface area contributed by atoms with Gasteiger partial charge in [-0.25, -0.2) is 0 Å². The van der Waals surface area contributed by atoms with E-state index in [9.17, 15) is 0 Å². The molecule has 0 fully saturated rings. The monoisotopic (exact) mass is 364 g/mol. The van der Waals surface area contributed by atoms with Gasteiger partial charge in [0.1, 0.15) is 5.69 Å². The number of rotatable bonds is 5. The van der Waals surface area contributed by atoms with Crippen LogP contribution in [0.3, 0.4) is 0 Å². The highest BCUT2D eigenvalue weighted by Gasteiger charge is 2.14. The SMILES string of the molecule is CCn1c(SCc2ccc(Cl)c(Cl)c2)nnc1-c1ccccn1. The van der Waals surface area contributed by atoms with Gasteiger partial charge >= 0.3 is 0 Å². The van der Waals surface area contributed by atoms with Crippen molar-refractivity contribution in [3.05, 3.63) is 58.2 Å². The molecular weight excluding hydrogens is 351 g/mol. The summed E-state index contributed by atoms with van der Waals surface area (Å²) in [5.41, 5.74) is 1.91. The zero-order valence-electron chi connectivity index (χ0n) is 12.4. The Morgan fingerprint density at radius 1 is 1.09 bits per heavy atom. The molecule has 0 radical (unpaired) electrons. The fourth-order valence-corrected chi connectivity index (χ4v) is 3.41. The van der Waals surface area contributed by atoms with E-state index in [2.05, 4.69) is 26.7 Å². The van der Waals surface area contributed by atoms with Gasteiger partial charge in [0.15, 0.2) is 11.0 Å². The van der Waals surface area contributed by atoms with Crippen molar-refractivity contribution >= 4 is 35.0 Å². The van der Waals surface area contributed by atoms with Gasteiger partial charge in [-0.05, 0) is 36.8 Å². The Bertz CT molecular complexity index is 805. The lowest BCUT2D eigenvalue weighted by Crippen LogP contribution is -2.00. The van der Waals surface area contributed by atoms with E-state index in [1.54, 1.807) is 18.0 Å². The molecule has 3 rings (SSSR count). The van der Waals surface area contributed by atoms with Crippen molar-refractivity contribution in [2.24, 2.45) is 0 Å². The first-order valence-electron chi connectivity index (χ1n) is 7.10. The van der Waals surface area contributed by atoms with Gasteiger partial charge in [0, 0.05) is 18.5 Å². The minimum Gasteiger partial charge on any atom is -0.301 e. The van der Waals surface area contributed by atoms with Crippen molar-refractivity contribution in [3.8, 4) is 11.5 Å². The van der Waals surface area contributed by atoms with E-state index >= 15 is 0 Å². The largest absolute Gasteiger partial charge is 0.301 e. The number of halogens is 2. The van der Waals surface area contributed by atoms with Crippen LogP contribution >= 0.6 is 35.0 Å². The molecule has 2 heterocycles. The predicted octanol–water partition coefficient (Wildman–Crippen LogP) is 4.96.